The second-order valence-electron chi connectivity index (χ2n) is 4.64. The number of ether oxygens (including phenoxy) is 1. The third-order valence-electron chi connectivity index (χ3n) is 2.99. The van der Waals surface area contributed by atoms with Crippen LogP contribution in [0.3, 0.4) is 0 Å². The zero-order valence-corrected chi connectivity index (χ0v) is 13.2. The Morgan fingerprint density at radius 1 is 1.38 bits per heavy atom. The predicted molar refractivity (Wildman–Crippen MR) is 87.3 cm³/mol. The highest BCUT2D eigenvalue weighted by Crippen LogP contribution is 2.29. The first kappa shape index (κ1) is 18.2. The Bertz CT molecular complexity index is 975. The van der Waals surface area contributed by atoms with E-state index >= 15 is 0 Å². The number of aromatic nitrogens is 2. The van der Waals surface area contributed by atoms with E-state index in [1.54, 1.807) is 6.92 Å². The molecule has 0 bridgehead atoms. The largest absolute Gasteiger partial charge is 0.477 e. The van der Waals surface area contributed by atoms with Crippen LogP contribution in [-0.2, 0) is 0 Å². The van der Waals surface area contributed by atoms with Crippen LogP contribution in [0.2, 0.25) is 0 Å². The van der Waals surface area contributed by atoms with Crippen molar-refractivity contribution in [1.29, 1.82) is 5.41 Å². The van der Waals surface area contributed by atoms with Crippen molar-refractivity contribution in [3.63, 3.8) is 0 Å². The third kappa shape index (κ3) is 3.53. The molecule has 2 aromatic rings. The standard InChI is InChI=1S/C12H12N8O6/c1-2-26-10-9(15-16-12(13)14)11(21)18(17-10)7-4-3-6(19(22)23)5-8(7)20(24)25/h3-5,17H,2H2,1H3,(H3,13,14). The summed E-state index contributed by atoms with van der Waals surface area (Å²) in [6, 6.07) is 2.77. The molecule has 0 atom stereocenters. The number of nitrogens with one attached hydrogen (secondary N) is 2. The van der Waals surface area contributed by atoms with Crippen LogP contribution in [0.1, 0.15) is 6.92 Å². The molecule has 4 N–H and O–H groups in total. The van der Waals surface area contributed by atoms with Crippen molar-refractivity contribution in [2.75, 3.05) is 6.61 Å². The number of guanidine groups is 1. The summed E-state index contributed by atoms with van der Waals surface area (Å²) in [7, 11) is 0. The summed E-state index contributed by atoms with van der Waals surface area (Å²) in [6.07, 6.45) is 0. The number of nitro benzene ring substituents is 2. The van der Waals surface area contributed by atoms with Gasteiger partial charge in [-0.25, -0.2) is 4.68 Å². The minimum atomic E-state index is -0.879. The summed E-state index contributed by atoms with van der Waals surface area (Å²) < 4.78 is 5.93. The Labute approximate surface area is 143 Å². The highest BCUT2D eigenvalue weighted by molar-refractivity contribution is 5.75. The summed E-state index contributed by atoms with van der Waals surface area (Å²) in [5.74, 6) is -0.823. The van der Waals surface area contributed by atoms with E-state index < -0.39 is 32.7 Å². The molecule has 1 heterocycles. The van der Waals surface area contributed by atoms with Gasteiger partial charge in [-0.15, -0.1) is 10.2 Å². The van der Waals surface area contributed by atoms with Crippen LogP contribution in [-0.4, -0.2) is 32.2 Å². The van der Waals surface area contributed by atoms with Crippen molar-refractivity contribution in [2.45, 2.75) is 6.92 Å². The van der Waals surface area contributed by atoms with Gasteiger partial charge in [0.05, 0.1) is 22.5 Å². The summed E-state index contributed by atoms with van der Waals surface area (Å²) in [5, 5.41) is 38.3. The highest BCUT2D eigenvalue weighted by atomic mass is 16.6. The number of aromatic amines is 1. The van der Waals surface area contributed by atoms with Gasteiger partial charge in [0.2, 0.25) is 17.5 Å². The number of nitrogens with zero attached hydrogens (tertiary/aromatic N) is 5. The molecule has 0 aliphatic carbocycles. The van der Waals surface area contributed by atoms with Crippen LogP contribution in [0.4, 0.5) is 17.1 Å². The Morgan fingerprint density at radius 3 is 2.62 bits per heavy atom. The lowest BCUT2D eigenvalue weighted by Crippen LogP contribution is -2.16. The maximum absolute atomic E-state index is 12.5. The van der Waals surface area contributed by atoms with Gasteiger partial charge < -0.3 is 10.5 Å². The maximum atomic E-state index is 12.5. The molecule has 0 amide bonds. The topological polar surface area (TPSA) is 208 Å². The number of nitro groups is 2. The minimum Gasteiger partial charge on any atom is -0.477 e. The smallest absolute Gasteiger partial charge is 0.303 e. The molecular formula is C12H12N8O6. The van der Waals surface area contributed by atoms with Gasteiger partial charge in [-0.1, -0.05) is 0 Å². The number of rotatable bonds is 6. The van der Waals surface area contributed by atoms with Gasteiger partial charge in [0.15, 0.2) is 0 Å². The number of non-ortho nitro benzene ring substituents is 1. The van der Waals surface area contributed by atoms with Gasteiger partial charge in [-0.3, -0.25) is 35.5 Å². The molecule has 0 radical (unpaired) electrons. The molecule has 136 valence electrons. The number of azo groups is 1. The molecule has 0 aliphatic rings. The van der Waals surface area contributed by atoms with E-state index in [0.717, 1.165) is 22.9 Å². The Kier molecular flexibility index (Phi) is 5.05. The molecule has 2 rings (SSSR count). The number of hydrogen-bond acceptors (Lipinski definition) is 8. The third-order valence-corrected chi connectivity index (χ3v) is 2.99. The van der Waals surface area contributed by atoms with Gasteiger partial charge in [0.1, 0.15) is 5.69 Å². The molecule has 0 fully saturated rings. The van der Waals surface area contributed by atoms with Crippen molar-refractivity contribution >= 4 is 23.0 Å². The minimum absolute atomic E-state index is 0.130. The summed E-state index contributed by atoms with van der Waals surface area (Å²) in [5.41, 5.74) is 2.35. The van der Waals surface area contributed by atoms with Crippen LogP contribution < -0.4 is 16.0 Å². The fraction of sp³-hybridized carbons (Fsp3) is 0.167. The van der Waals surface area contributed by atoms with E-state index in [4.69, 9.17) is 15.9 Å². The van der Waals surface area contributed by atoms with Gasteiger partial charge in [0, 0.05) is 6.07 Å². The van der Waals surface area contributed by atoms with E-state index in [-0.39, 0.29) is 23.9 Å². The summed E-state index contributed by atoms with van der Waals surface area (Å²) in [6.45, 7) is 1.75. The van der Waals surface area contributed by atoms with Gasteiger partial charge in [-0.05, 0) is 13.0 Å². The molecule has 26 heavy (non-hydrogen) atoms. The molecular weight excluding hydrogens is 352 g/mol. The predicted octanol–water partition coefficient (Wildman–Crippen LogP) is 1.36. The van der Waals surface area contributed by atoms with Crippen LogP contribution in [0.25, 0.3) is 5.69 Å². The first-order valence-electron chi connectivity index (χ1n) is 6.93. The van der Waals surface area contributed by atoms with Crippen molar-refractivity contribution < 1.29 is 14.6 Å². The SMILES string of the molecule is CCOc1[nH]n(-c2ccc([N+](=O)[O-])cc2[N+](=O)[O-])c(=O)c1N=NC(=N)N. The lowest BCUT2D eigenvalue weighted by Gasteiger charge is -2.03. The second kappa shape index (κ2) is 7.20. The van der Waals surface area contributed by atoms with Gasteiger partial charge in [-0.2, -0.15) is 0 Å². The molecule has 1 aromatic carbocycles. The number of benzene rings is 1. The molecule has 14 heteroatoms. The molecule has 0 saturated heterocycles. The first-order chi connectivity index (χ1) is 12.3. The second-order valence-corrected chi connectivity index (χ2v) is 4.64. The molecule has 0 saturated carbocycles. The molecule has 0 spiro atoms. The fourth-order valence-electron chi connectivity index (χ4n) is 1.98. The summed E-state index contributed by atoms with van der Waals surface area (Å²) >= 11 is 0. The van der Waals surface area contributed by atoms with Crippen molar-refractivity contribution in [1.82, 2.24) is 9.78 Å². The van der Waals surface area contributed by atoms with Crippen molar-refractivity contribution in [2.24, 2.45) is 16.0 Å². The molecule has 1 aromatic heterocycles. The maximum Gasteiger partial charge on any atom is 0.303 e. The van der Waals surface area contributed by atoms with Crippen LogP contribution in [0, 0.1) is 25.6 Å². The van der Waals surface area contributed by atoms with E-state index in [0.29, 0.717) is 0 Å². The molecule has 0 unspecified atom stereocenters. The van der Waals surface area contributed by atoms with Crippen LogP contribution in [0.5, 0.6) is 5.88 Å². The zero-order chi connectivity index (χ0) is 19.4. The average molecular weight is 364 g/mol. The fourth-order valence-corrected chi connectivity index (χ4v) is 1.98. The quantitative estimate of drug-likeness (QED) is 0.225. The first-order valence-corrected chi connectivity index (χ1v) is 6.93. The van der Waals surface area contributed by atoms with E-state index in [1.807, 2.05) is 0 Å². The summed E-state index contributed by atoms with van der Waals surface area (Å²) in [4.78, 5) is 32.9. The van der Waals surface area contributed by atoms with Crippen LogP contribution >= 0.6 is 0 Å². The van der Waals surface area contributed by atoms with E-state index in [1.165, 1.54) is 0 Å². The van der Waals surface area contributed by atoms with Crippen molar-refractivity contribution in [3.05, 3.63) is 48.8 Å². The van der Waals surface area contributed by atoms with Crippen LogP contribution in [0.15, 0.2) is 33.2 Å². The van der Waals surface area contributed by atoms with Gasteiger partial charge in [0.25, 0.3) is 5.69 Å². The Hall–Kier alpha value is -4.10. The average Bonchev–Trinajstić information content (AvgIpc) is 2.88. The van der Waals surface area contributed by atoms with E-state index in [9.17, 15) is 25.0 Å². The van der Waals surface area contributed by atoms with E-state index in [2.05, 4.69) is 15.3 Å². The number of H-pyrrole nitrogens is 1. The monoisotopic (exact) mass is 364 g/mol. The number of hydrogen-bond donors (Lipinski definition) is 3. The lowest BCUT2D eigenvalue weighted by atomic mass is 10.2. The molecule has 0 aliphatic heterocycles. The van der Waals surface area contributed by atoms with Crippen molar-refractivity contribution in [3.8, 4) is 11.6 Å². The number of nitrogens with two attached hydrogens (primary N) is 1. The lowest BCUT2D eigenvalue weighted by molar-refractivity contribution is -0.394. The Morgan fingerprint density at radius 2 is 2.08 bits per heavy atom. The molecule has 14 nitrogen and oxygen atoms in total. The normalized spacial score (nSPS) is 10.8. The Balaban J connectivity index is 2.71. The zero-order valence-electron chi connectivity index (χ0n) is 13.2. The highest BCUT2D eigenvalue weighted by Gasteiger charge is 2.25. The van der Waals surface area contributed by atoms with Gasteiger partial charge >= 0.3 is 11.2 Å².